The number of hydrogen-bond donors (Lipinski definition) is 1. The summed E-state index contributed by atoms with van der Waals surface area (Å²) < 4.78 is 22.3. The number of aromatic nitrogens is 2. The van der Waals surface area contributed by atoms with Gasteiger partial charge in [0.2, 0.25) is 0 Å². The lowest BCUT2D eigenvalue weighted by Crippen LogP contribution is -2.27. The second-order valence-electron chi connectivity index (χ2n) is 4.96. The van der Waals surface area contributed by atoms with E-state index >= 15 is 0 Å². The van der Waals surface area contributed by atoms with Crippen molar-refractivity contribution in [3.05, 3.63) is 18.1 Å². The predicted octanol–water partition coefficient (Wildman–Crippen LogP) is 0.455. The summed E-state index contributed by atoms with van der Waals surface area (Å²) >= 11 is 0. The van der Waals surface area contributed by atoms with Gasteiger partial charge in [0.05, 0.1) is 17.6 Å². The fourth-order valence-corrected chi connectivity index (χ4v) is 2.00. The molecule has 7 heteroatoms. The zero-order valence-electron chi connectivity index (χ0n) is 11.9. The summed E-state index contributed by atoms with van der Waals surface area (Å²) in [4.78, 5) is 10.4. The second-order valence-corrected chi connectivity index (χ2v) is 7.22. The van der Waals surface area contributed by atoms with Gasteiger partial charge in [0.15, 0.2) is 0 Å². The smallest absolute Gasteiger partial charge is 0.149 e. The first-order valence-electron chi connectivity index (χ1n) is 6.21. The van der Waals surface area contributed by atoms with Crippen molar-refractivity contribution in [3.8, 4) is 0 Å². The predicted molar refractivity (Wildman–Crippen MR) is 77.0 cm³/mol. The number of anilines is 1. The summed E-state index contributed by atoms with van der Waals surface area (Å²) in [7, 11) is -1.15. The zero-order valence-corrected chi connectivity index (χ0v) is 12.7. The van der Waals surface area contributed by atoms with Gasteiger partial charge in [-0.3, -0.25) is 4.98 Å². The first-order chi connectivity index (χ1) is 8.78. The van der Waals surface area contributed by atoms with Crippen LogP contribution in [0.1, 0.15) is 19.5 Å². The molecule has 0 atom stereocenters. The molecular weight excluding hydrogens is 264 g/mol. The maximum absolute atomic E-state index is 11.1. The summed E-state index contributed by atoms with van der Waals surface area (Å²) in [6.45, 7) is 5.19. The highest BCUT2D eigenvalue weighted by Crippen LogP contribution is 2.07. The summed E-state index contributed by atoms with van der Waals surface area (Å²) in [6, 6.07) is 0.383. The molecule has 0 aliphatic rings. The third kappa shape index (κ3) is 6.49. The van der Waals surface area contributed by atoms with E-state index in [9.17, 15) is 8.42 Å². The van der Waals surface area contributed by atoms with Gasteiger partial charge >= 0.3 is 0 Å². The normalized spacial score (nSPS) is 11.8. The van der Waals surface area contributed by atoms with E-state index in [2.05, 4.69) is 29.1 Å². The molecule has 0 bridgehead atoms. The van der Waals surface area contributed by atoms with E-state index in [1.165, 1.54) is 6.26 Å². The molecule has 0 aliphatic carbocycles. The number of hydrogen-bond acceptors (Lipinski definition) is 6. The van der Waals surface area contributed by atoms with Crippen LogP contribution in [-0.2, 0) is 16.4 Å². The van der Waals surface area contributed by atoms with Gasteiger partial charge in [-0.05, 0) is 0 Å². The minimum Gasteiger partial charge on any atom is -0.357 e. The Kier molecular flexibility index (Phi) is 5.68. The van der Waals surface area contributed by atoms with Crippen molar-refractivity contribution < 1.29 is 8.42 Å². The van der Waals surface area contributed by atoms with Crippen molar-refractivity contribution in [3.63, 3.8) is 0 Å². The summed E-state index contributed by atoms with van der Waals surface area (Å²) in [5.41, 5.74) is 0.845. The molecule has 1 rings (SSSR count). The average Bonchev–Trinajstić information content (AvgIpc) is 2.33. The number of nitrogens with one attached hydrogen (secondary N) is 1. The fourth-order valence-electron chi connectivity index (χ4n) is 1.39. The monoisotopic (exact) mass is 286 g/mol. The molecule has 1 heterocycles. The maximum Gasteiger partial charge on any atom is 0.149 e. The Bertz CT molecular complexity index is 502. The standard InChI is InChI=1S/C12H22N4O2S/c1-10(2)14-8-11-7-13-9-12(15-11)16(3)5-6-19(4,17)18/h7,9-10,14H,5-6,8H2,1-4H3. The molecule has 0 aromatic carbocycles. The van der Waals surface area contributed by atoms with Gasteiger partial charge in [-0.2, -0.15) is 0 Å². The van der Waals surface area contributed by atoms with Crippen molar-refractivity contribution in [1.29, 1.82) is 0 Å². The molecule has 6 nitrogen and oxygen atoms in total. The largest absolute Gasteiger partial charge is 0.357 e. The molecule has 1 N–H and O–H groups in total. The molecule has 0 fully saturated rings. The Morgan fingerprint density at radius 3 is 2.63 bits per heavy atom. The molecule has 0 amide bonds. The van der Waals surface area contributed by atoms with Crippen LogP contribution in [0.2, 0.25) is 0 Å². The summed E-state index contributed by atoms with van der Waals surface area (Å²) in [5.74, 6) is 0.798. The van der Waals surface area contributed by atoms with Crippen molar-refractivity contribution >= 4 is 15.7 Å². The topological polar surface area (TPSA) is 75.2 Å². The quantitative estimate of drug-likeness (QED) is 0.784. The summed E-state index contributed by atoms with van der Waals surface area (Å²) in [5, 5.41) is 3.27. The molecular formula is C12H22N4O2S. The Labute approximate surface area is 115 Å². The SMILES string of the molecule is CC(C)NCc1cncc(N(C)CCS(C)(=O)=O)n1. The van der Waals surface area contributed by atoms with Crippen molar-refractivity contribution in [2.75, 3.05) is 30.5 Å². The molecule has 0 radical (unpaired) electrons. The average molecular weight is 286 g/mol. The van der Waals surface area contributed by atoms with Gasteiger partial charge in [0.1, 0.15) is 15.7 Å². The van der Waals surface area contributed by atoms with E-state index in [0.717, 1.165) is 5.69 Å². The van der Waals surface area contributed by atoms with Crippen molar-refractivity contribution in [2.45, 2.75) is 26.4 Å². The first-order valence-corrected chi connectivity index (χ1v) is 8.27. The molecule has 1 aromatic heterocycles. The van der Waals surface area contributed by atoms with Gasteiger partial charge in [-0.1, -0.05) is 13.8 Å². The molecule has 0 spiro atoms. The first kappa shape index (κ1) is 15.8. The molecule has 0 saturated heterocycles. The Balaban J connectivity index is 2.64. The fraction of sp³-hybridized carbons (Fsp3) is 0.667. The van der Waals surface area contributed by atoms with Crippen LogP contribution >= 0.6 is 0 Å². The minimum atomic E-state index is -2.96. The Hall–Kier alpha value is -1.21. The minimum absolute atomic E-state index is 0.111. The third-order valence-corrected chi connectivity index (χ3v) is 3.48. The van der Waals surface area contributed by atoms with E-state index in [0.29, 0.717) is 24.9 Å². The van der Waals surface area contributed by atoms with E-state index in [1.807, 2.05) is 7.05 Å². The van der Waals surface area contributed by atoms with Gasteiger partial charge < -0.3 is 10.2 Å². The highest BCUT2D eigenvalue weighted by atomic mass is 32.2. The van der Waals surface area contributed by atoms with Crippen molar-refractivity contribution in [1.82, 2.24) is 15.3 Å². The molecule has 108 valence electrons. The molecule has 19 heavy (non-hydrogen) atoms. The van der Waals surface area contributed by atoms with Crippen LogP contribution in [0, 0.1) is 0 Å². The van der Waals surface area contributed by atoms with E-state index in [1.54, 1.807) is 17.3 Å². The lowest BCUT2D eigenvalue weighted by atomic mass is 10.3. The Morgan fingerprint density at radius 1 is 1.37 bits per heavy atom. The number of sulfone groups is 1. The van der Waals surface area contributed by atoms with Gasteiger partial charge in [-0.15, -0.1) is 0 Å². The Morgan fingerprint density at radius 2 is 2.05 bits per heavy atom. The van der Waals surface area contributed by atoms with Gasteiger partial charge in [-0.25, -0.2) is 13.4 Å². The van der Waals surface area contributed by atoms with Crippen LogP contribution in [0.25, 0.3) is 0 Å². The zero-order chi connectivity index (χ0) is 14.5. The van der Waals surface area contributed by atoms with Crippen molar-refractivity contribution in [2.24, 2.45) is 0 Å². The van der Waals surface area contributed by atoms with Crippen LogP contribution in [0.3, 0.4) is 0 Å². The van der Waals surface area contributed by atoms with Crippen LogP contribution < -0.4 is 10.2 Å². The van der Waals surface area contributed by atoms with E-state index in [4.69, 9.17) is 0 Å². The third-order valence-electron chi connectivity index (χ3n) is 2.55. The molecule has 0 unspecified atom stereocenters. The van der Waals surface area contributed by atoms with Gasteiger partial charge in [0.25, 0.3) is 0 Å². The highest BCUT2D eigenvalue weighted by molar-refractivity contribution is 7.90. The highest BCUT2D eigenvalue weighted by Gasteiger charge is 2.08. The maximum atomic E-state index is 11.1. The van der Waals surface area contributed by atoms with Crippen LogP contribution in [-0.4, -0.2) is 50.0 Å². The number of nitrogens with zero attached hydrogens (tertiary/aromatic N) is 3. The van der Waals surface area contributed by atoms with E-state index < -0.39 is 9.84 Å². The van der Waals surface area contributed by atoms with Crippen LogP contribution in [0.5, 0.6) is 0 Å². The molecule has 0 saturated carbocycles. The van der Waals surface area contributed by atoms with E-state index in [-0.39, 0.29) is 5.75 Å². The molecule has 1 aromatic rings. The van der Waals surface area contributed by atoms with Crippen LogP contribution in [0.4, 0.5) is 5.82 Å². The molecule has 0 aliphatic heterocycles. The lowest BCUT2D eigenvalue weighted by Gasteiger charge is -2.18. The van der Waals surface area contributed by atoms with Crippen LogP contribution in [0.15, 0.2) is 12.4 Å². The second kappa shape index (κ2) is 6.81. The lowest BCUT2D eigenvalue weighted by molar-refractivity contribution is 0.580. The van der Waals surface area contributed by atoms with Gasteiger partial charge in [0, 0.05) is 38.6 Å². The summed E-state index contributed by atoms with van der Waals surface area (Å²) in [6.07, 6.45) is 4.58. The number of rotatable bonds is 7.